The molecule has 1 saturated carbocycles. The number of nitriles is 1. The molecule has 0 saturated heterocycles. The molecule has 3 N–H and O–H groups in total. The van der Waals surface area contributed by atoms with Crippen molar-refractivity contribution in [3.63, 3.8) is 0 Å². The van der Waals surface area contributed by atoms with E-state index >= 15 is 0 Å². The number of nitrogens with zero attached hydrogens (tertiary/aromatic N) is 6. The maximum atomic E-state index is 14.0. The van der Waals surface area contributed by atoms with Crippen molar-refractivity contribution >= 4 is 33.9 Å². The van der Waals surface area contributed by atoms with Crippen LogP contribution in [0.25, 0.3) is 22.2 Å². The summed E-state index contributed by atoms with van der Waals surface area (Å²) in [7, 11) is 0. The zero-order valence-corrected chi connectivity index (χ0v) is 25.8. The summed E-state index contributed by atoms with van der Waals surface area (Å²) < 4.78 is 42.9. The standard InChI is InChI=1S/C32H31ClF3N9/c1-18-21(25-8-11-40-42-25)6-5-7-22(18)29(26-16-45(44-43-26)31(9-10-31)32(34,35)36)41-20-12-23-27(39-17-30(2,3)4)19(14-37)15-38-28(23)24(33)13-20/h5-8,11-13,15-16,29,41H,9-10,17H2,1-4H3,(H,38,39)(H,40,42). The van der Waals surface area contributed by atoms with E-state index in [9.17, 15) is 18.4 Å². The molecule has 1 atom stereocenters. The van der Waals surface area contributed by atoms with Gasteiger partial charge in [0.15, 0.2) is 5.54 Å². The fourth-order valence-electron chi connectivity index (χ4n) is 5.48. The number of halogens is 4. The van der Waals surface area contributed by atoms with E-state index < -0.39 is 17.8 Å². The molecule has 0 amide bonds. The average Bonchev–Trinajstić information content (AvgIpc) is 3.38. The Morgan fingerprint density at radius 3 is 2.60 bits per heavy atom. The van der Waals surface area contributed by atoms with E-state index in [4.69, 9.17) is 11.6 Å². The van der Waals surface area contributed by atoms with Crippen molar-refractivity contribution in [2.45, 2.75) is 58.3 Å². The SMILES string of the molecule is Cc1c(-c2cc[nH]n2)cccc1C(Nc1cc(Cl)c2ncc(C#N)c(NCC(C)(C)C)c2c1)c1cn(C2(C(F)(F)F)CC2)nn1. The molecule has 1 unspecified atom stereocenters. The number of hydrogen-bond acceptors (Lipinski definition) is 7. The first-order chi connectivity index (χ1) is 21.3. The number of nitrogens with one attached hydrogen (secondary N) is 3. The predicted molar refractivity (Wildman–Crippen MR) is 167 cm³/mol. The Labute approximate surface area is 262 Å². The van der Waals surface area contributed by atoms with Gasteiger partial charge in [0, 0.05) is 35.6 Å². The topological polar surface area (TPSA) is 120 Å². The van der Waals surface area contributed by atoms with Crippen LogP contribution < -0.4 is 10.6 Å². The first kappa shape index (κ1) is 30.4. The van der Waals surface area contributed by atoms with Gasteiger partial charge in [-0.05, 0) is 54.5 Å². The molecule has 1 aliphatic rings. The Morgan fingerprint density at radius 1 is 1.18 bits per heavy atom. The summed E-state index contributed by atoms with van der Waals surface area (Å²) in [5, 5.41) is 33.1. The van der Waals surface area contributed by atoms with Gasteiger partial charge in [-0.15, -0.1) is 5.10 Å². The molecule has 232 valence electrons. The molecular weight excluding hydrogens is 603 g/mol. The van der Waals surface area contributed by atoms with Crippen LogP contribution in [0.4, 0.5) is 24.5 Å². The molecule has 0 bridgehead atoms. The first-order valence-electron chi connectivity index (χ1n) is 14.4. The van der Waals surface area contributed by atoms with E-state index in [2.05, 4.69) is 63.0 Å². The maximum absolute atomic E-state index is 14.0. The van der Waals surface area contributed by atoms with Crippen molar-refractivity contribution in [3.05, 3.63) is 82.4 Å². The first-order valence-corrected chi connectivity index (χ1v) is 14.8. The number of aromatic amines is 1. The van der Waals surface area contributed by atoms with Crippen molar-refractivity contribution in [3.8, 4) is 17.3 Å². The van der Waals surface area contributed by atoms with Gasteiger partial charge in [-0.2, -0.15) is 23.5 Å². The number of rotatable bonds is 8. The molecule has 0 aliphatic heterocycles. The second kappa shape index (κ2) is 11.1. The Hall–Kier alpha value is -4.63. The predicted octanol–water partition coefficient (Wildman–Crippen LogP) is 7.76. The van der Waals surface area contributed by atoms with Crippen LogP contribution in [0.1, 0.15) is 62.0 Å². The lowest BCUT2D eigenvalue weighted by molar-refractivity contribution is -0.182. The zero-order valence-electron chi connectivity index (χ0n) is 25.1. The van der Waals surface area contributed by atoms with Crippen LogP contribution in [0.5, 0.6) is 0 Å². The number of hydrogen-bond donors (Lipinski definition) is 3. The number of H-pyrrole nitrogens is 1. The van der Waals surface area contributed by atoms with Gasteiger partial charge in [0.1, 0.15) is 11.8 Å². The van der Waals surface area contributed by atoms with Gasteiger partial charge in [0.05, 0.1) is 39.7 Å². The third-order valence-corrected chi connectivity index (χ3v) is 8.40. The fourth-order valence-corrected chi connectivity index (χ4v) is 5.75. The summed E-state index contributed by atoms with van der Waals surface area (Å²) in [6, 6.07) is 12.6. The van der Waals surface area contributed by atoms with Gasteiger partial charge >= 0.3 is 6.18 Å². The zero-order chi connectivity index (χ0) is 32.1. The molecule has 0 spiro atoms. The van der Waals surface area contributed by atoms with E-state index in [-0.39, 0.29) is 18.3 Å². The van der Waals surface area contributed by atoms with Crippen molar-refractivity contribution in [1.82, 2.24) is 30.2 Å². The Bertz CT molecular complexity index is 1910. The third-order valence-electron chi connectivity index (χ3n) is 8.11. The minimum Gasteiger partial charge on any atom is -0.383 e. The highest BCUT2D eigenvalue weighted by molar-refractivity contribution is 6.35. The fraction of sp³-hybridized carbons (Fsp3) is 0.344. The highest BCUT2D eigenvalue weighted by Gasteiger charge is 2.66. The second-order valence-corrected chi connectivity index (χ2v) is 13.0. The quantitative estimate of drug-likeness (QED) is 0.160. The van der Waals surface area contributed by atoms with Gasteiger partial charge in [-0.1, -0.05) is 55.8 Å². The molecule has 1 aliphatic carbocycles. The van der Waals surface area contributed by atoms with E-state index in [1.54, 1.807) is 12.3 Å². The molecule has 6 rings (SSSR count). The van der Waals surface area contributed by atoms with Crippen molar-refractivity contribution < 1.29 is 13.2 Å². The average molecular weight is 634 g/mol. The van der Waals surface area contributed by atoms with Crippen molar-refractivity contribution in [2.24, 2.45) is 5.41 Å². The molecule has 9 nitrogen and oxygen atoms in total. The summed E-state index contributed by atoms with van der Waals surface area (Å²) >= 11 is 6.76. The highest BCUT2D eigenvalue weighted by Crippen LogP contribution is 2.55. The molecule has 13 heteroatoms. The van der Waals surface area contributed by atoms with E-state index in [1.165, 1.54) is 12.4 Å². The van der Waals surface area contributed by atoms with Gasteiger partial charge < -0.3 is 10.6 Å². The van der Waals surface area contributed by atoms with Gasteiger partial charge in [0.25, 0.3) is 0 Å². The minimum atomic E-state index is -4.45. The lowest BCUT2D eigenvalue weighted by atomic mass is 9.93. The summed E-state index contributed by atoms with van der Waals surface area (Å²) in [6.45, 7) is 8.76. The molecule has 0 radical (unpaired) electrons. The van der Waals surface area contributed by atoms with Crippen LogP contribution in [-0.2, 0) is 5.54 Å². The molecule has 1 fully saturated rings. The van der Waals surface area contributed by atoms with Crippen LogP contribution in [0.2, 0.25) is 5.02 Å². The number of anilines is 2. The third kappa shape index (κ3) is 5.68. The highest BCUT2D eigenvalue weighted by atomic mass is 35.5. The second-order valence-electron chi connectivity index (χ2n) is 12.6. The molecule has 3 aromatic heterocycles. The minimum absolute atomic E-state index is 0.0517. The smallest absolute Gasteiger partial charge is 0.383 e. The van der Waals surface area contributed by atoms with Crippen LogP contribution in [0.3, 0.4) is 0 Å². The number of pyridine rings is 1. The lowest BCUT2D eigenvalue weighted by Crippen LogP contribution is -2.35. The van der Waals surface area contributed by atoms with Crippen LogP contribution >= 0.6 is 11.6 Å². The number of benzene rings is 2. The van der Waals surface area contributed by atoms with E-state index in [1.807, 2.05) is 37.3 Å². The Kier molecular flexibility index (Phi) is 7.48. The van der Waals surface area contributed by atoms with Gasteiger partial charge in [-0.3, -0.25) is 10.1 Å². The summed E-state index contributed by atoms with van der Waals surface area (Å²) in [5.74, 6) is 0. The van der Waals surface area contributed by atoms with Crippen molar-refractivity contribution in [2.75, 3.05) is 17.2 Å². The molecular formula is C32H31ClF3N9. The van der Waals surface area contributed by atoms with Crippen LogP contribution in [-0.4, -0.2) is 42.9 Å². The summed E-state index contributed by atoms with van der Waals surface area (Å²) in [4.78, 5) is 4.44. The van der Waals surface area contributed by atoms with Crippen LogP contribution in [0.15, 0.2) is 55.0 Å². The lowest BCUT2D eigenvalue weighted by Gasteiger charge is -2.23. The molecule has 3 heterocycles. The number of aromatic nitrogens is 6. The Balaban J connectivity index is 1.48. The van der Waals surface area contributed by atoms with Gasteiger partial charge in [-0.25, -0.2) is 4.68 Å². The number of alkyl halides is 3. The molecule has 5 aromatic rings. The largest absolute Gasteiger partial charge is 0.413 e. The number of fused-ring (bicyclic) bond motifs is 1. The summed E-state index contributed by atoms with van der Waals surface area (Å²) in [5.41, 5.74) is 3.43. The van der Waals surface area contributed by atoms with Gasteiger partial charge in [0.2, 0.25) is 0 Å². The Morgan fingerprint density at radius 2 is 1.96 bits per heavy atom. The normalized spacial score (nSPS) is 15.1. The molecule has 45 heavy (non-hydrogen) atoms. The van der Waals surface area contributed by atoms with Crippen molar-refractivity contribution in [1.29, 1.82) is 5.26 Å². The van der Waals surface area contributed by atoms with Crippen LogP contribution in [0, 0.1) is 23.7 Å². The molecule has 2 aromatic carbocycles. The maximum Gasteiger partial charge on any atom is 0.413 e. The monoisotopic (exact) mass is 633 g/mol. The van der Waals surface area contributed by atoms with E-state index in [0.29, 0.717) is 45.1 Å². The summed E-state index contributed by atoms with van der Waals surface area (Å²) in [6.07, 6.45) is 0.0258. The van der Waals surface area contributed by atoms with E-state index in [0.717, 1.165) is 27.1 Å².